The van der Waals surface area contributed by atoms with Gasteiger partial charge in [-0.1, -0.05) is 6.92 Å². The SMILES string of the molecule is CCC(N)c1cc(OC(F)(F)F)ccc1F. The maximum atomic E-state index is 13.2. The number of alkyl halides is 3. The summed E-state index contributed by atoms with van der Waals surface area (Å²) in [5, 5.41) is 0. The maximum Gasteiger partial charge on any atom is 0.573 e. The monoisotopic (exact) mass is 237 g/mol. The van der Waals surface area contributed by atoms with Crippen LogP contribution in [0.1, 0.15) is 24.9 Å². The zero-order valence-corrected chi connectivity index (χ0v) is 8.51. The molecule has 0 amide bonds. The van der Waals surface area contributed by atoms with Crippen LogP contribution in [0.3, 0.4) is 0 Å². The van der Waals surface area contributed by atoms with E-state index in [2.05, 4.69) is 4.74 Å². The van der Waals surface area contributed by atoms with Gasteiger partial charge in [-0.05, 0) is 24.6 Å². The van der Waals surface area contributed by atoms with Gasteiger partial charge in [0.05, 0.1) is 0 Å². The second kappa shape index (κ2) is 4.69. The van der Waals surface area contributed by atoms with E-state index in [1.165, 1.54) is 0 Å². The molecule has 90 valence electrons. The van der Waals surface area contributed by atoms with Crippen molar-refractivity contribution in [2.75, 3.05) is 0 Å². The van der Waals surface area contributed by atoms with Crippen LogP contribution in [0, 0.1) is 5.82 Å². The minimum Gasteiger partial charge on any atom is -0.406 e. The van der Waals surface area contributed by atoms with Crippen molar-refractivity contribution < 1.29 is 22.3 Å². The molecule has 2 N–H and O–H groups in total. The van der Waals surface area contributed by atoms with Crippen LogP contribution in [0.4, 0.5) is 17.6 Å². The van der Waals surface area contributed by atoms with Crippen LogP contribution in [-0.4, -0.2) is 6.36 Å². The third kappa shape index (κ3) is 3.37. The van der Waals surface area contributed by atoms with Crippen LogP contribution in [0.25, 0.3) is 0 Å². The fourth-order valence-corrected chi connectivity index (χ4v) is 1.22. The van der Waals surface area contributed by atoms with Crippen LogP contribution in [0.2, 0.25) is 0 Å². The average molecular weight is 237 g/mol. The van der Waals surface area contributed by atoms with E-state index in [1.807, 2.05) is 0 Å². The van der Waals surface area contributed by atoms with Crippen molar-refractivity contribution in [2.45, 2.75) is 25.7 Å². The number of hydrogen-bond donors (Lipinski definition) is 1. The van der Waals surface area contributed by atoms with Crippen molar-refractivity contribution in [1.29, 1.82) is 0 Å². The molecule has 1 rings (SSSR count). The molecule has 0 aliphatic heterocycles. The van der Waals surface area contributed by atoms with Crippen LogP contribution in [-0.2, 0) is 0 Å². The predicted octanol–water partition coefficient (Wildman–Crippen LogP) is 3.13. The number of benzene rings is 1. The van der Waals surface area contributed by atoms with Crippen LogP contribution in [0.5, 0.6) is 5.75 Å². The summed E-state index contributed by atoms with van der Waals surface area (Å²) in [6.07, 6.45) is -4.36. The lowest BCUT2D eigenvalue weighted by Gasteiger charge is -2.13. The molecule has 0 fully saturated rings. The van der Waals surface area contributed by atoms with E-state index >= 15 is 0 Å². The zero-order valence-electron chi connectivity index (χ0n) is 8.51. The fourth-order valence-electron chi connectivity index (χ4n) is 1.22. The first-order valence-corrected chi connectivity index (χ1v) is 4.64. The summed E-state index contributed by atoms with van der Waals surface area (Å²) in [5.41, 5.74) is 5.57. The first kappa shape index (κ1) is 12.8. The van der Waals surface area contributed by atoms with Crippen LogP contribution in [0.15, 0.2) is 18.2 Å². The minimum absolute atomic E-state index is 0.0178. The standard InChI is InChI=1S/C10H11F4NO/c1-2-9(15)7-5-6(3-4-8(7)11)16-10(12,13)14/h3-5,9H,2,15H2,1H3. The van der Waals surface area contributed by atoms with Gasteiger partial charge in [-0.2, -0.15) is 0 Å². The Morgan fingerprint density at radius 2 is 2.00 bits per heavy atom. The lowest BCUT2D eigenvalue weighted by atomic mass is 10.0. The van der Waals surface area contributed by atoms with Gasteiger partial charge < -0.3 is 10.5 Å². The first-order chi connectivity index (χ1) is 7.33. The van der Waals surface area contributed by atoms with Crippen LogP contribution < -0.4 is 10.5 Å². The third-order valence-electron chi connectivity index (χ3n) is 2.04. The van der Waals surface area contributed by atoms with E-state index in [4.69, 9.17) is 5.73 Å². The Kier molecular flexibility index (Phi) is 3.74. The smallest absolute Gasteiger partial charge is 0.406 e. The number of nitrogens with two attached hydrogens (primary N) is 1. The largest absolute Gasteiger partial charge is 0.573 e. The Hall–Kier alpha value is -1.30. The average Bonchev–Trinajstić information content (AvgIpc) is 2.18. The van der Waals surface area contributed by atoms with E-state index in [0.29, 0.717) is 6.42 Å². The molecule has 1 aromatic rings. The molecule has 1 unspecified atom stereocenters. The van der Waals surface area contributed by atoms with Crippen molar-refractivity contribution in [2.24, 2.45) is 5.73 Å². The summed E-state index contributed by atoms with van der Waals surface area (Å²) in [6.45, 7) is 1.71. The van der Waals surface area contributed by atoms with Gasteiger partial charge in [0.15, 0.2) is 0 Å². The highest BCUT2D eigenvalue weighted by atomic mass is 19.4. The van der Waals surface area contributed by atoms with E-state index in [1.54, 1.807) is 6.92 Å². The quantitative estimate of drug-likeness (QED) is 0.819. The summed E-state index contributed by atoms with van der Waals surface area (Å²) in [5.74, 6) is -1.10. The molecular weight excluding hydrogens is 226 g/mol. The molecule has 2 nitrogen and oxygen atoms in total. The van der Waals surface area contributed by atoms with Gasteiger partial charge in [0.1, 0.15) is 11.6 Å². The van der Waals surface area contributed by atoms with Gasteiger partial charge in [-0.25, -0.2) is 4.39 Å². The second-order valence-corrected chi connectivity index (χ2v) is 3.25. The normalized spacial score (nSPS) is 13.6. The lowest BCUT2D eigenvalue weighted by Crippen LogP contribution is -2.18. The molecule has 0 saturated heterocycles. The van der Waals surface area contributed by atoms with Gasteiger partial charge in [-0.15, -0.1) is 13.2 Å². The minimum atomic E-state index is -4.79. The summed E-state index contributed by atoms with van der Waals surface area (Å²) in [4.78, 5) is 0. The molecule has 0 radical (unpaired) electrons. The van der Waals surface area contributed by atoms with E-state index < -0.39 is 24.0 Å². The number of rotatable bonds is 3. The Morgan fingerprint density at radius 1 is 1.38 bits per heavy atom. The molecule has 0 heterocycles. The Morgan fingerprint density at radius 3 is 2.50 bits per heavy atom. The highest BCUT2D eigenvalue weighted by Gasteiger charge is 2.31. The maximum absolute atomic E-state index is 13.2. The first-order valence-electron chi connectivity index (χ1n) is 4.64. The topological polar surface area (TPSA) is 35.2 Å². The number of hydrogen-bond acceptors (Lipinski definition) is 2. The molecule has 0 aromatic heterocycles. The van der Waals surface area contributed by atoms with Crippen molar-refractivity contribution in [3.63, 3.8) is 0 Å². The third-order valence-corrected chi connectivity index (χ3v) is 2.04. The van der Waals surface area contributed by atoms with Crippen molar-refractivity contribution in [3.8, 4) is 5.75 Å². The molecule has 0 aliphatic rings. The number of ether oxygens (including phenoxy) is 1. The summed E-state index contributed by atoms with van der Waals surface area (Å²) >= 11 is 0. The van der Waals surface area contributed by atoms with E-state index in [0.717, 1.165) is 18.2 Å². The van der Waals surface area contributed by atoms with Crippen LogP contribution >= 0.6 is 0 Å². The van der Waals surface area contributed by atoms with Gasteiger partial charge >= 0.3 is 6.36 Å². The summed E-state index contributed by atoms with van der Waals surface area (Å²) in [6, 6.07) is 2.15. The fraction of sp³-hybridized carbons (Fsp3) is 0.400. The molecule has 0 aliphatic carbocycles. The molecule has 0 bridgehead atoms. The van der Waals surface area contributed by atoms with Gasteiger partial charge in [0, 0.05) is 11.6 Å². The Labute approximate surface area is 90.0 Å². The van der Waals surface area contributed by atoms with Gasteiger partial charge in [0.2, 0.25) is 0 Å². The highest BCUT2D eigenvalue weighted by Crippen LogP contribution is 2.27. The predicted molar refractivity (Wildman–Crippen MR) is 50.3 cm³/mol. The Balaban J connectivity index is 2.98. The molecule has 1 aromatic carbocycles. The molecular formula is C10H11F4NO. The molecule has 1 atom stereocenters. The number of halogens is 4. The zero-order chi connectivity index (χ0) is 12.3. The van der Waals surface area contributed by atoms with E-state index in [9.17, 15) is 17.6 Å². The van der Waals surface area contributed by atoms with E-state index in [-0.39, 0.29) is 5.56 Å². The Bertz CT molecular complexity index is 364. The molecule has 16 heavy (non-hydrogen) atoms. The lowest BCUT2D eigenvalue weighted by molar-refractivity contribution is -0.274. The van der Waals surface area contributed by atoms with Gasteiger partial charge in [-0.3, -0.25) is 0 Å². The van der Waals surface area contributed by atoms with Crippen molar-refractivity contribution in [1.82, 2.24) is 0 Å². The summed E-state index contributed by atoms with van der Waals surface area (Å²) in [7, 11) is 0. The molecule has 6 heteroatoms. The van der Waals surface area contributed by atoms with Crippen molar-refractivity contribution >= 4 is 0 Å². The molecule has 0 saturated carbocycles. The second-order valence-electron chi connectivity index (χ2n) is 3.25. The van der Waals surface area contributed by atoms with Gasteiger partial charge in [0.25, 0.3) is 0 Å². The van der Waals surface area contributed by atoms with Crippen molar-refractivity contribution in [3.05, 3.63) is 29.6 Å². The highest BCUT2D eigenvalue weighted by molar-refractivity contribution is 5.31. The summed E-state index contributed by atoms with van der Waals surface area (Å²) < 4.78 is 52.6. The molecule has 0 spiro atoms.